The smallest absolute Gasteiger partial charge is 0.235 e. The van der Waals surface area contributed by atoms with Crippen molar-refractivity contribution in [3.63, 3.8) is 0 Å². The Morgan fingerprint density at radius 2 is 2.00 bits per heavy atom. The summed E-state index contributed by atoms with van der Waals surface area (Å²) in [7, 11) is -3.22. The van der Waals surface area contributed by atoms with Gasteiger partial charge in [-0.15, -0.1) is 0 Å². The molecule has 1 aromatic rings. The minimum atomic E-state index is -3.22. The predicted molar refractivity (Wildman–Crippen MR) is 97.7 cm³/mol. The van der Waals surface area contributed by atoms with Crippen molar-refractivity contribution < 1.29 is 13.2 Å². The molecule has 2 rings (SSSR count). The van der Waals surface area contributed by atoms with E-state index in [1.807, 2.05) is 19.1 Å². The number of nitrogens with zero attached hydrogens (tertiary/aromatic N) is 1. The third-order valence-corrected chi connectivity index (χ3v) is 6.07. The number of anilines is 2. The average Bonchev–Trinajstić information content (AvgIpc) is 2.88. The highest BCUT2D eigenvalue weighted by atomic mass is 32.2. The van der Waals surface area contributed by atoms with Gasteiger partial charge >= 0.3 is 0 Å². The minimum Gasteiger partial charge on any atom is -0.330 e. The van der Waals surface area contributed by atoms with Crippen LogP contribution in [0.1, 0.15) is 44.1 Å². The van der Waals surface area contributed by atoms with Crippen LogP contribution in [0.5, 0.6) is 0 Å². The molecule has 0 aromatic heterocycles. The van der Waals surface area contributed by atoms with Crippen molar-refractivity contribution in [3.05, 3.63) is 23.8 Å². The molecule has 134 valence electrons. The summed E-state index contributed by atoms with van der Waals surface area (Å²) >= 11 is 0. The van der Waals surface area contributed by atoms with E-state index in [1.165, 1.54) is 4.31 Å². The number of nitrogens with one attached hydrogen (secondary N) is 1. The number of carbonyl (C=O) groups is 1. The molecule has 7 heteroatoms. The quantitative estimate of drug-likeness (QED) is 0.702. The summed E-state index contributed by atoms with van der Waals surface area (Å²) in [6.45, 7) is 3.08. The maximum atomic E-state index is 12.1. The first-order valence-corrected chi connectivity index (χ1v) is 10.2. The fourth-order valence-electron chi connectivity index (χ4n) is 2.87. The van der Waals surface area contributed by atoms with Gasteiger partial charge in [0.05, 0.1) is 11.4 Å². The van der Waals surface area contributed by atoms with E-state index in [9.17, 15) is 13.2 Å². The zero-order valence-electron chi connectivity index (χ0n) is 14.3. The predicted octanol–water partition coefficient (Wildman–Crippen LogP) is 2.38. The van der Waals surface area contributed by atoms with Gasteiger partial charge in [-0.25, -0.2) is 8.42 Å². The van der Waals surface area contributed by atoms with Crippen molar-refractivity contribution in [1.82, 2.24) is 0 Å². The molecule has 0 aliphatic carbocycles. The SMILES string of the molecule is Cc1ccc(NC(=O)CCCCCCN)cc1N1CCCS1(=O)=O. The number of aryl methyl sites for hydroxylation is 1. The molecular weight excluding hydrogens is 326 g/mol. The number of amides is 1. The number of hydrogen-bond donors (Lipinski definition) is 2. The molecule has 1 amide bonds. The number of nitrogens with two attached hydrogens (primary N) is 1. The lowest BCUT2D eigenvalue weighted by Gasteiger charge is -2.20. The highest BCUT2D eigenvalue weighted by Gasteiger charge is 2.29. The largest absolute Gasteiger partial charge is 0.330 e. The summed E-state index contributed by atoms with van der Waals surface area (Å²) < 4.78 is 25.7. The third kappa shape index (κ3) is 4.95. The van der Waals surface area contributed by atoms with Crippen molar-refractivity contribution in [2.24, 2.45) is 5.73 Å². The Morgan fingerprint density at radius 3 is 2.67 bits per heavy atom. The lowest BCUT2D eigenvalue weighted by Crippen LogP contribution is -2.26. The van der Waals surface area contributed by atoms with Gasteiger partial charge in [-0.3, -0.25) is 9.10 Å². The number of rotatable bonds is 8. The highest BCUT2D eigenvalue weighted by molar-refractivity contribution is 7.93. The molecule has 0 spiro atoms. The van der Waals surface area contributed by atoms with Crippen molar-refractivity contribution in [1.29, 1.82) is 0 Å². The van der Waals surface area contributed by atoms with Gasteiger partial charge in [0, 0.05) is 18.7 Å². The van der Waals surface area contributed by atoms with Crippen LogP contribution in [0.4, 0.5) is 11.4 Å². The van der Waals surface area contributed by atoms with Crippen LogP contribution >= 0.6 is 0 Å². The van der Waals surface area contributed by atoms with Crippen LogP contribution in [0.2, 0.25) is 0 Å². The molecule has 1 heterocycles. The highest BCUT2D eigenvalue weighted by Crippen LogP contribution is 2.30. The van der Waals surface area contributed by atoms with E-state index in [2.05, 4.69) is 5.32 Å². The summed E-state index contributed by atoms with van der Waals surface area (Å²) in [6.07, 6.45) is 4.98. The van der Waals surface area contributed by atoms with Crippen LogP contribution < -0.4 is 15.4 Å². The van der Waals surface area contributed by atoms with E-state index in [0.717, 1.165) is 31.2 Å². The van der Waals surface area contributed by atoms with Gasteiger partial charge in [0.2, 0.25) is 15.9 Å². The zero-order chi connectivity index (χ0) is 17.6. The van der Waals surface area contributed by atoms with Crippen LogP contribution in [0, 0.1) is 6.92 Å². The second kappa shape index (κ2) is 8.48. The van der Waals surface area contributed by atoms with E-state index in [4.69, 9.17) is 5.73 Å². The summed E-state index contributed by atoms with van der Waals surface area (Å²) in [5, 5.41) is 2.87. The summed E-state index contributed by atoms with van der Waals surface area (Å²) in [5.41, 5.74) is 7.64. The van der Waals surface area contributed by atoms with Crippen LogP contribution in [0.3, 0.4) is 0 Å². The zero-order valence-corrected chi connectivity index (χ0v) is 15.1. The molecule has 24 heavy (non-hydrogen) atoms. The lowest BCUT2D eigenvalue weighted by molar-refractivity contribution is -0.116. The second-order valence-electron chi connectivity index (χ2n) is 6.24. The van der Waals surface area contributed by atoms with Crippen LogP contribution in [0.15, 0.2) is 18.2 Å². The maximum Gasteiger partial charge on any atom is 0.235 e. The van der Waals surface area contributed by atoms with Crippen molar-refractivity contribution in [2.45, 2.75) is 45.4 Å². The van der Waals surface area contributed by atoms with Gasteiger partial charge in [0.1, 0.15) is 0 Å². The maximum absolute atomic E-state index is 12.1. The van der Waals surface area contributed by atoms with Crippen LogP contribution in [-0.4, -0.2) is 33.2 Å². The number of benzene rings is 1. The lowest BCUT2D eigenvalue weighted by atomic mass is 10.1. The van der Waals surface area contributed by atoms with Crippen molar-refractivity contribution in [2.75, 3.05) is 28.5 Å². The number of unbranched alkanes of at least 4 members (excludes halogenated alkanes) is 3. The molecule has 1 aliphatic heterocycles. The Balaban J connectivity index is 1.97. The monoisotopic (exact) mass is 353 g/mol. The molecule has 1 saturated heterocycles. The van der Waals surface area contributed by atoms with E-state index in [0.29, 0.717) is 37.3 Å². The fourth-order valence-corrected chi connectivity index (χ4v) is 4.49. The number of hydrogen-bond acceptors (Lipinski definition) is 4. The molecule has 0 bridgehead atoms. The standard InChI is InChI=1S/C17H27N3O3S/c1-14-8-9-15(19-17(21)7-4-2-3-5-10-18)13-16(14)20-11-6-12-24(20,22)23/h8-9,13H,2-7,10-12,18H2,1H3,(H,19,21). The summed E-state index contributed by atoms with van der Waals surface area (Å²) in [6, 6.07) is 5.42. The van der Waals surface area contributed by atoms with Gasteiger partial charge in [0.15, 0.2) is 0 Å². The van der Waals surface area contributed by atoms with Gasteiger partial charge in [0.25, 0.3) is 0 Å². The molecule has 0 saturated carbocycles. The molecule has 0 atom stereocenters. The second-order valence-corrected chi connectivity index (χ2v) is 8.26. The molecule has 0 radical (unpaired) electrons. The van der Waals surface area contributed by atoms with Crippen LogP contribution in [-0.2, 0) is 14.8 Å². The van der Waals surface area contributed by atoms with E-state index >= 15 is 0 Å². The molecule has 1 aromatic carbocycles. The summed E-state index contributed by atoms with van der Waals surface area (Å²) in [4.78, 5) is 12.0. The van der Waals surface area contributed by atoms with E-state index in [1.54, 1.807) is 6.07 Å². The molecule has 1 fully saturated rings. The average molecular weight is 353 g/mol. The Kier molecular flexibility index (Phi) is 6.62. The first-order valence-electron chi connectivity index (χ1n) is 8.55. The van der Waals surface area contributed by atoms with Crippen molar-refractivity contribution >= 4 is 27.3 Å². The van der Waals surface area contributed by atoms with Gasteiger partial charge in [-0.05, 0) is 50.4 Å². The Morgan fingerprint density at radius 1 is 1.25 bits per heavy atom. The normalized spacial score (nSPS) is 16.3. The van der Waals surface area contributed by atoms with Crippen molar-refractivity contribution in [3.8, 4) is 0 Å². The molecule has 1 aliphatic rings. The molecule has 3 N–H and O–H groups in total. The minimum absolute atomic E-state index is 0.0400. The number of sulfonamides is 1. The first-order chi connectivity index (χ1) is 11.4. The number of carbonyl (C=O) groups excluding carboxylic acids is 1. The Labute approximate surface area is 144 Å². The molecule has 0 unspecified atom stereocenters. The molecule has 6 nitrogen and oxygen atoms in total. The summed E-state index contributed by atoms with van der Waals surface area (Å²) in [5.74, 6) is 0.146. The van der Waals surface area contributed by atoms with Gasteiger partial charge in [-0.2, -0.15) is 0 Å². The molecular formula is C17H27N3O3S. The first kappa shape index (κ1) is 18.7. The van der Waals surface area contributed by atoms with Gasteiger partial charge < -0.3 is 11.1 Å². The topological polar surface area (TPSA) is 92.5 Å². The third-order valence-electron chi connectivity index (χ3n) is 4.22. The van der Waals surface area contributed by atoms with Gasteiger partial charge in [-0.1, -0.05) is 18.9 Å². The Hall–Kier alpha value is -1.60. The Bertz CT molecular complexity index is 674. The van der Waals surface area contributed by atoms with E-state index < -0.39 is 10.0 Å². The van der Waals surface area contributed by atoms with E-state index in [-0.39, 0.29) is 11.7 Å². The van der Waals surface area contributed by atoms with Crippen LogP contribution in [0.25, 0.3) is 0 Å². The fraction of sp³-hybridized carbons (Fsp3) is 0.588.